The Morgan fingerprint density at radius 2 is 1.94 bits per heavy atom. The second kappa shape index (κ2) is 11.5. The number of carbonyl (C=O) groups is 1. The molecule has 3 rings (SSSR count). The number of ether oxygens (including phenoxy) is 1. The monoisotopic (exact) mass is 424 g/mol. The Morgan fingerprint density at radius 1 is 1.13 bits per heavy atom. The number of aliphatic carboxylic acids is 1. The predicted octanol–water partition coefficient (Wildman–Crippen LogP) is 5.87. The predicted molar refractivity (Wildman–Crippen MR) is 121 cm³/mol. The van der Waals surface area contributed by atoms with Crippen molar-refractivity contribution in [2.24, 2.45) is 0 Å². The summed E-state index contributed by atoms with van der Waals surface area (Å²) in [6.07, 6.45) is 6.10. The lowest BCUT2D eigenvalue weighted by Gasteiger charge is -2.16. The average molecular weight is 425 g/mol. The van der Waals surface area contributed by atoms with Gasteiger partial charge in [-0.05, 0) is 43.2 Å². The molecule has 6 nitrogen and oxygen atoms in total. The Morgan fingerprint density at radius 3 is 2.71 bits per heavy atom. The maximum atomic E-state index is 11.0. The summed E-state index contributed by atoms with van der Waals surface area (Å²) >= 11 is 0. The normalized spacial score (nSPS) is 13.2. The molecule has 2 atom stereocenters. The van der Waals surface area contributed by atoms with Gasteiger partial charge in [-0.25, -0.2) is 9.78 Å². The lowest BCUT2D eigenvalue weighted by atomic mass is 10.1. The Kier molecular flexibility index (Phi) is 8.47. The number of hydrogen-bond acceptors (Lipinski definition) is 5. The molecule has 0 aliphatic carbocycles. The molecule has 0 saturated carbocycles. The second-order valence-electron chi connectivity index (χ2n) is 7.90. The third-order valence-corrected chi connectivity index (χ3v) is 5.32. The van der Waals surface area contributed by atoms with Crippen LogP contribution in [0.3, 0.4) is 0 Å². The Balaban J connectivity index is 1.67. The maximum absolute atomic E-state index is 11.0. The van der Waals surface area contributed by atoms with Gasteiger partial charge in [0.15, 0.2) is 11.7 Å². The van der Waals surface area contributed by atoms with Crippen LogP contribution in [0.15, 0.2) is 52.9 Å². The van der Waals surface area contributed by atoms with Crippen LogP contribution in [0.25, 0.3) is 11.1 Å². The first kappa shape index (κ1) is 22.8. The van der Waals surface area contributed by atoms with Gasteiger partial charge in [-0.15, -0.1) is 0 Å². The number of para-hydroxylation sites is 2. The zero-order valence-electron chi connectivity index (χ0n) is 18.3. The highest BCUT2D eigenvalue weighted by Crippen LogP contribution is 2.25. The van der Waals surface area contributed by atoms with E-state index >= 15 is 0 Å². The van der Waals surface area contributed by atoms with Crippen molar-refractivity contribution in [1.29, 1.82) is 0 Å². The second-order valence-corrected chi connectivity index (χ2v) is 7.90. The minimum absolute atomic E-state index is 0.0107. The molecule has 31 heavy (non-hydrogen) atoms. The maximum Gasteiger partial charge on any atom is 0.344 e. The van der Waals surface area contributed by atoms with Gasteiger partial charge in [0, 0.05) is 6.54 Å². The number of oxazole rings is 1. The molecule has 0 radical (unpaired) electrons. The van der Waals surface area contributed by atoms with E-state index in [0.717, 1.165) is 29.5 Å². The van der Waals surface area contributed by atoms with Gasteiger partial charge in [0.2, 0.25) is 5.89 Å². The van der Waals surface area contributed by atoms with Crippen LogP contribution in [0.5, 0.6) is 5.75 Å². The van der Waals surface area contributed by atoms with E-state index in [-0.39, 0.29) is 6.04 Å². The largest absolute Gasteiger partial charge is 0.479 e. The molecule has 2 aromatic carbocycles. The molecule has 0 fully saturated rings. The van der Waals surface area contributed by atoms with Gasteiger partial charge in [0.25, 0.3) is 0 Å². The third kappa shape index (κ3) is 6.82. The van der Waals surface area contributed by atoms with E-state index in [0.29, 0.717) is 18.2 Å². The van der Waals surface area contributed by atoms with Gasteiger partial charge >= 0.3 is 5.97 Å². The number of rotatable bonds is 13. The van der Waals surface area contributed by atoms with Crippen LogP contribution in [0, 0.1) is 0 Å². The molecule has 3 aromatic rings. The highest BCUT2D eigenvalue weighted by Gasteiger charge is 2.18. The van der Waals surface area contributed by atoms with E-state index in [1.54, 1.807) is 6.07 Å². The first-order valence-corrected chi connectivity index (χ1v) is 11.1. The molecule has 6 heteroatoms. The fourth-order valence-corrected chi connectivity index (χ4v) is 3.53. The van der Waals surface area contributed by atoms with Crippen LogP contribution >= 0.6 is 0 Å². The molecule has 0 aliphatic heterocycles. The van der Waals surface area contributed by atoms with Gasteiger partial charge in [-0.2, -0.15) is 0 Å². The topological polar surface area (TPSA) is 84.6 Å². The third-order valence-electron chi connectivity index (χ3n) is 5.32. The molecular weight excluding hydrogens is 392 g/mol. The standard InChI is InChI=1S/C25H32N2O4/c1-3-4-5-6-7-14-22(24-27-21-13-8-9-15-23(21)31-24)26-17-19-11-10-12-20(16-19)30-18(2)25(28)29/h8-13,15-16,18,22,26H,3-7,14,17H2,1-2H3,(H,28,29). The molecule has 0 amide bonds. The molecule has 0 spiro atoms. The van der Waals surface area contributed by atoms with Crippen molar-refractivity contribution in [3.8, 4) is 5.75 Å². The van der Waals surface area contributed by atoms with E-state index in [4.69, 9.17) is 19.2 Å². The summed E-state index contributed by atoms with van der Waals surface area (Å²) < 4.78 is 11.5. The molecule has 0 aliphatic rings. The van der Waals surface area contributed by atoms with E-state index in [1.807, 2.05) is 42.5 Å². The zero-order chi connectivity index (χ0) is 22.1. The smallest absolute Gasteiger partial charge is 0.344 e. The molecular formula is C25H32N2O4. The minimum Gasteiger partial charge on any atom is -0.479 e. The molecule has 2 N–H and O–H groups in total. The summed E-state index contributed by atoms with van der Waals surface area (Å²) in [7, 11) is 0. The fraction of sp³-hybridized carbons (Fsp3) is 0.440. The van der Waals surface area contributed by atoms with Gasteiger partial charge in [0.05, 0.1) is 6.04 Å². The quantitative estimate of drug-likeness (QED) is 0.334. The van der Waals surface area contributed by atoms with Crippen molar-refractivity contribution in [3.63, 3.8) is 0 Å². The molecule has 0 saturated heterocycles. The highest BCUT2D eigenvalue weighted by atomic mass is 16.5. The number of fused-ring (bicyclic) bond motifs is 1. The van der Waals surface area contributed by atoms with Crippen molar-refractivity contribution in [2.45, 2.75) is 71.1 Å². The Labute approximate surface area is 183 Å². The first-order chi connectivity index (χ1) is 15.1. The van der Waals surface area contributed by atoms with Crippen molar-refractivity contribution >= 4 is 17.1 Å². The highest BCUT2D eigenvalue weighted by molar-refractivity contribution is 5.72. The van der Waals surface area contributed by atoms with E-state index in [1.165, 1.54) is 32.6 Å². The van der Waals surface area contributed by atoms with Crippen LogP contribution in [-0.2, 0) is 11.3 Å². The fourth-order valence-electron chi connectivity index (χ4n) is 3.53. The minimum atomic E-state index is -0.984. The summed E-state index contributed by atoms with van der Waals surface area (Å²) in [6.45, 7) is 4.35. The van der Waals surface area contributed by atoms with Crippen molar-refractivity contribution in [2.75, 3.05) is 0 Å². The number of hydrogen-bond donors (Lipinski definition) is 2. The van der Waals surface area contributed by atoms with Crippen molar-refractivity contribution in [1.82, 2.24) is 10.3 Å². The summed E-state index contributed by atoms with van der Waals surface area (Å²) in [5, 5.41) is 12.6. The number of nitrogens with zero attached hydrogens (tertiary/aromatic N) is 1. The zero-order valence-corrected chi connectivity index (χ0v) is 18.3. The average Bonchev–Trinajstić information content (AvgIpc) is 3.20. The number of aromatic nitrogens is 1. The van der Waals surface area contributed by atoms with Crippen molar-refractivity contribution in [3.05, 3.63) is 60.0 Å². The van der Waals surface area contributed by atoms with E-state index < -0.39 is 12.1 Å². The van der Waals surface area contributed by atoms with Gasteiger partial charge in [0.1, 0.15) is 11.3 Å². The Hall–Kier alpha value is -2.86. The molecule has 0 bridgehead atoms. The summed E-state index contributed by atoms with van der Waals surface area (Å²) in [5.41, 5.74) is 2.68. The van der Waals surface area contributed by atoms with E-state index in [9.17, 15) is 4.79 Å². The summed E-state index contributed by atoms with van der Waals surface area (Å²) in [5.74, 6) is 0.276. The summed E-state index contributed by atoms with van der Waals surface area (Å²) in [6, 6.07) is 15.3. The van der Waals surface area contributed by atoms with Gasteiger partial charge in [-0.3, -0.25) is 0 Å². The SMILES string of the molecule is CCCCCCCC(NCc1cccc(OC(C)C(=O)O)c1)c1nc2ccccc2o1. The lowest BCUT2D eigenvalue weighted by molar-refractivity contribution is -0.144. The molecule has 2 unspecified atom stereocenters. The van der Waals surface area contributed by atoms with Crippen LogP contribution in [-0.4, -0.2) is 22.2 Å². The lowest BCUT2D eigenvalue weighted by Crippen LogP contribution is -2.23. The molecule has 166 valence electrons. The van der Waals surface area contributed by atoms with E-state index in [2.05, 4.69) is 12.2 Å². The van der Waals surface area contributed by atoms with Crippen LogP contribution in [0.4, 0.5) is 0 Å². The number of nitrogens with one attached hydrogen (secondary N) is 1. The number of unbranched alkanes of at least 4 members (excludes halogenated alkanes) is 4. The Bertz CT molecular complexity index is 936. The molecule has 1 heterocycles. The first-order valence-electron chi connectivity index (χ1n) is 11.1. The number of carboxylic acids is 1. The van der Waals surface area contributed by atoms with Crippen LogP contribution in [0.2, 0.25) is 0 Å². The van der Waals surface area contributed by atoms with Crippen LogP contribution in [0.1, 0.15) is 69.9 Å². The van der Waals surface area contributed by atoms with Crippen LogP contribution < -0.4 is 10.1 Å². The number of benzene rings is 2. The number of carboxylic acid groups (broad SMARTS) is 1. The van der Waals surface area contributed by atoms with Gasteiger partial charge < -0.3 is 19.6 Å². The summed E-state index contributed by atoms with van der Waals surface area (Å²) in [4.78, 5) is 15.7. The van der Waals surface area contributed by atoms with Gasteiger partial charge in [-0.1, -0.05) is 63.3 Å². The van der Waals surface area contributed by atoms with Crippen molar-refractivity contribution < 1.29 is 19.1 Å². The molecule has 1 aromatic heterocycles.